The highest BCUT2D eigenvalue weighted by Gasteiger charge is 2.02. The van der Waals surface area contributed by atoms with Gasteiger partial charge in [-0.2, -0.15) is 0 Å². The number of pyridine rings is 1. The Bertz CT molecular complexity index is 457. The lowest BCUT2D eigenvalue weighted by molar-refractivity contribution is 0.301. The number of hydrogen-bond acceptors (Lipinski definition) is 3. The van der Waals surface area contributed by atoms with E-state index in [-0.39, 0.29) is 0 Å². The summed E-state index contributed by atoms with van der Waals surface area (Å²) < 4.78 is 5.77. The molecule has 0 bridgehead atoms. The molecule has 2 aromatic rings. The third kappa shape index (κ3) is 3.29. The molecule has 2 rings (SSSR count). The van der Waals surface area contributed by atoms with E-state index in [1.165, 1.54) is 0 Å². The lowest BCUT2D eigenvalue weighted by Gasteiger charge is -2.10. The van der Waals surface area contributed by atoms with Crippen molar-refractivity contribution in [3.8, 4) is 5.75 Å². The van der Waals surface area contributed by atoms with E-state index >= 15 is 0 Å². The molecule has 0 saturated carbocycles. The second-order valence-electron chi connectivity index (χ2n) is 3.79. The molecule has 0 aliphatic heterocycles. The standard InChI is InChI=1S/C14H16N2O/c1-15-9-13-7-8-16-10-14(13)17-11-12-5-3-2-4-6-12/h2-8,10,15H,9,11H2,1H3. The van der Waals surface area contributed by atoms with Crippen molar-refractivity contribution in [2.75, 3.05) is 7.05 Å². The fourth-order valence-corrected chi connectivity index (χ4v) is 1.61. The summed E-state index contributed by atoms with van der Waals surface area (Å²) in [4.78, 5) is 4.09. The smallest absolute Gasteiger partial charge is 0.142 e. The fourth-order valence-electron chi connectivity index (χ4n) is 1.61. The quantitative estimate of drug-likeness (QED) is 0.853. The van der Waals surface area contributed by atoms with Gasteiger partial charge in [-0.25, -0.2) is 0 Å². The lowest BCUT2D eigenvalue weighted by atomic mass is 10.2. The minimum Gasteiger partial charge on any atom is -0.487 e. The van der Waals surface area contributed by atoms with E-state index in [2.05, 4.69) is 10.3 Å². The Kier molecular flexibility index (Phi) is 4.11. The molecular weight excluding hydrogens is 212 g/mol. The molecule has 0 unspecified atom stereocenters. The Morgan fingerprint density at radius 1 is 1.18 bits per heavy atom. The molecule has 88 valence electrons. The van der Waals surface area contributed by atoms with Crippen LogP contribution >= 0.6 is 0 Å². The van der Waals surface area contributed by atoms with Gasteiger partial charge in [0.25, 0.3) is 0 Å². The van der Waals surface area contributed by atoms with Gasteiger partial charge in [-0.15, -0.1) is 0 Å². The van der Waals surface area contributed by atoms with Gasteiger partial charge in [0, 0.05) is 18.3 Å². The molecule has 1 heterocycles. The van der Waals surface area contributed by atoms with Crippen molar-refractivity contribution < 1.29 is 4.74 Å². The zero-order valence-corrected chi connectivity index (χ0v) is 9.89. The zero-order valence-electron chi connectivity index (χ0n) is 9.89. The number of benzene rings is 1. The molecule has 17 heavy (non-hydrogen) atoms. The van der Waals surface area contributed by atoms with Gasteiger partial charge >= 0.3 is 0 Å². The van der Waals surface area contributed by atoms with Crippen LogP contribution in [0.2, 0.25) is 0 Å². The molecule has 1 aromatic heterocycles. The highest BCUT2D eigenvalue weighted by molar-refractivity contribution is 5.30. The van der Waals surface area contributed by atoms with Gasteiger partial charge in [0.05, 0.1) is 6.20 Å². The summed E-state index contributed by atoms with van der Waals surface area (Å²) >= 11 is 0. The Balaban J connectivity index is 2.03. The van der Waals surface area contributed by atoms with Gasteiger partial charge in [0.1, 0.15) is 12.4 Å². The van der Waals surface area contributed by atoms with E-state index in [0.29, 0.717) is 6.61 Å². The van der Waals surface area contributed by atoms with Gasteiger partial charge in [-0.1, -0.05) is 30.3 Å². The highest BCUT2D eigenvalue weighted by atomic mass is 16.5. The van der Waals surface area contributed by atoms with Crippen molar-refractivity contribution in [1.82, 2.24) is 10.3 Å². The minimum atomic E-state index is 0.573. The predicted octanol–water partition coefficient (Wildman–Crippen LogP) is 2.38. The van der Waals surface area contributed by atoms with E-state index < -0.39 is 0 Å². The summed E-state index contributed by atoms with van der Waals surface area (Å²) in [5.74, 6) is 0.839. The fraction of sp³-hybridized carbons (Fsp3) is 0.214. The molecule has 0 saturated heterocycles. The Labute approximate surface area is 101 Å². The summed E-state index contributed by atoms with van der Waals surface area (Å²) in [6, 6.07) is 12.1. The molecule has 0 amide bonds. The van der Waals surface area contributed by atoms with Crippen molar-refractivity contribution in [3.05, 3.63) is 59.9 Å². The van der Waals surface area contributed by atoms with Gasteiger partial charge in [0.15, 0.2) is 0 Å². The third-order valence-electron chi connectivity index (χ3n) is 2.47. The lowest BCUT2D eigenvalue weighted by Crippen LogP contribution is -2.07. The molecule has 1 aromatic carbocycles. The summed E-state index contributed by atoms with van der Waals surface area (Å²) in [5.41, 5.74) is 2.28. The van der Waals surface area contributed by atoms with E-state index in [0.717, 1.165) is 23.4 Å². The van der Waals surface area contributed by atoms with Gasteiger partial charge in [-0.3, -0.25) is 4.98 Å². The topological polar surface area (TPSA) is 34.2 Å². The van der Waals surface area contributed by atoms with Crippen molar-refractivity contribution in [2.45, 2.75) is 13.2 Å². The monoisotopic (exact) mass is 228 g/mol. The molecule has 0 atom stereocenters. The van der Waals surface area contributed by atoms with E-state index in [1.54, 1.807) is 12.4 Å². The second kappa shape index (κ2) is 6.01. The third-order valence-corrected chi connectivity index (χ3v) is 2.47. The molecule has 0 aliphatic carbocycles. The number of hydrogen-bond donors (Lipinski definition) is 1. The van der Waals surface area contributed by atoms with Crippen molar-refractivity contribution in [1.29, 1.82) is 0 Å². The van der Waals surface area contributed by atoms with Gasteiger partial charge in [-0.05, 0) is 18.7 Å². The van der Waals surface area contributed by atoms with Crippen LogP contribution in [0, 0.1) is 0 Å². The molecule has 1 N–H and O–H groups in total. The number of aromatic nitrogens is 1. The first-order valence-corrected chi connectivity index (χ1v) is 5.64. The Hall–Kier alpha value is -1.87. The molecule has 0 fully saturated rings. The van der Waals surface area contributed by atoms with Crippen LogP contribution in [0.25, 0.3) is 0 Å². The van der Waals surface area contributed by atoms with Crippen LogP contribution in [0.1, 0.15) is 11.1 Å². The number of rotatable bonds is 5. The maximum atomic E-state index is 5.77. The van der Waals surface area contributed by atoms with Crippen LogP contribution in [0.3, 0.4) is 0 Å². The van der Waals surface area contributed by atoms with Crippen LogP contribution in [0.5, 0.6) is 5.75 Å². The Morgan fingerprint density at radius 3 is 2.76 bits per heavy atom. The van der Waals surface area contributed by atoms with E-state index in [9.17, 15) is 0 Å². The number of ether oxygens (including phenoxy) is 1. The van der Waals surface area contributed by atoms with Crippen molar-refractivity contribution >= 4 is 0 Å². The molecule has 0 radical (unpaired) electrons. The zero-order chi connectivity index (χ0) is 11.9. The van der Waals surface area contributed by atoms with E-state index in [4.69, 9.17) is 4.74 Å². The van der Waals surface area contributed by atoms with Gasteiger partial charge in [0.2, 0.25) is 0 Å². The molecule has 3 heteroatoms. The van der Waals surface area contributed by atoms with E-state index in [1.807, 2.05) is 43.4 Å². The largest absolute Gasteiger partial charge is 0.487 e. The first-order valence-electron chi connectivity index (χ1n) is 5.64. The predicted molar refractivity (Wildman–Crippen MR) is 67.8 cm³/mol. The van der Waals surface area contributed by atoms with Crippen LogP contribution in [0.4, 0.5) is 0 Å². The summed E-state index contributed by atoms with van der Waals surface area (Å²) in [5, 5.41) is 3.11. The number of nitrogens with zero attached hydrogens (tertiary/aromatic N) is 1. The first kappa shape index (κ1) is 11.6. The molecule has 0 aliphatic rings. The van der Waals surface area contributed by atoms with Gasteiger partial charge < -0.3 is 10.1 Å². The van der Waals surface area contributed by atoms with Crippen LogP contribution < -0.4 is 10.1 Å². The highest BCUT2D eigenvalue weighted by Crippen LogP contribution is 2.17. The van der Waals surface area contributed by atoms with Crippen molar-refractivity contribution in [3.63, 3.8) is 0 Å². The summed E-state index contributed by atoms with van der Waals surface area (Å²) in [7, 11) is 1.92. The van der Waals surface area contributed by atoms with Crippen molar-refractivity contribution in [2.24, 2.45) is 0 Å². The SMILES string of the molecule is CNCc1ccncc1OCc1ccccc1. The normalized spacial score (nSPS) is 10.2. The second-order valence-corrected chi connectivity index (χ2v) is 3.79. The van der Waals surface area contributed by atoms with Crippen LogP contribution in [-0.4, -0.2) is 12.0 Å². The Morgan fingerprint density at radius 2 is 2.00 bits per heavy atom. The summed E-state index contributed by atoms with van der Waals surface area (Å²) in [6.07, 6.45) is 3.54. The maximum absolute atomic E-state index is 5.77. The average Bonchev–Trinajstić information content (AvgIpc) is 2.39. The minimum absolute atomic E-state index is 0.573. The van der Waals surface area contributed by atoms with Crippen LogP contribution in [-0.2, 0) is 13.2 Å². The maximum Gasteiger partial charge on any atom is 0.142 e. The molecule has 0 spiro atoms. The number of nitrogens with one attached hydrogen (secondary N) is 1. The molecule has 3 nitrogen and oxygen atoms in total. The first-order chi connectivity index (χ1) is 8.40. The summed E-state index contributed by atoms with van der Waals surface area (Å²) in [6.45, 7) is 1.36. The molecular formula is C14H16N2O. The van der Waals surface area contributed by atoms with Crippen LogP contribution in [0.15, 0.2) is 48.8 Å². The average molecular weight is 228 g/mol.